The molecule has 0 saturated heterocycles. The quantitative estimate of drug-likeness (QED) is 0.548. The SMILES string of the molecule is C[C@@H](NC(=O)OCc1ccccc1)C(=O)N[C@@H](Cc1ccc(O)cc1)C(=O)O. The molecule has 28 heavy (non-hydrogen) atoms. The van der Waals surface area contributed by atoms with Crippen molar-refractivity contribution in [2.75, 3.05) is 0 Å². The lowest BCUT2D eigenvalue weighted by Gasteiger charge is -2.19. The van der Waals surface area contributed by atoms with Gasteiger partial charge in [-0.1, -0.05) is 42.5 Å². The average molecular weight is 386 g/mol. The molecule has 0 saturated carbocycles. The number of amides is 2. The van der Waals surface area contributed by atoms with Gasteiger partial charge in [-0.15, -0.1) is 0 Å². The number of aromatic hydroxyl groups is 1. The van der Waals surface area contributed by atoms with Crippen molar-refractivity contribution < 1.29 is 29.3 Å². The zero-order chi connectivity index (χ0) is 20.5. The van der Waals surface area contributed by atoms with Crippen LogP contribution in [0.2, 0.25) is 0 Å². The molecule has 8 nitrogen and oxygen atoms in total. The molecule has 0 aliphatic carbocycles. The van der Waals surface area contributed by atoms with E-state index in [-0.39, 0.29) is 18.8 Å². The van der Waals surface area contributed by atoms with Gasteiger partial charge in [0.1, 0.15) is 24.4 Å². The largest absolute Gasteiger partial charge is 0.508 e. The topological polar surface area (TPSA) is 125 Å². The standard InChI is InChI=1S/C20H22N2O6/c1-13(21-20(27)28-12-15-5-3-2-4-6-15)18(24)22-17(19(25)26)11-14-7-9-16(23)10-8-14/h2-10,13,17,23H,11-12H2,1H3,(H,21,27)(H,22,24)(H,25,26)/t13-,17+/m1/s1. The van der Waals surface area contributed by atoms with E-state index in [1.165, 1.54) is 19.1 Å². The fourth-order valence-electron chi connectivity index (χ4n) is 2.37. The predicted octanol–water partition coefficient (Wildman–Crippen LogP) is 1.82. The summed E-state index contributed by atoms with van der Waals surface area (Å²) in [5, 5.41) is 23.4. The number of carboxylic acid groups (broad SMARTS) is 1. The minimum Gasteiger partial charge on any atom is -0.508 e. The summed E-state index contributed by atoms with van der Waals surface area (Å²) in [5.41, 5.74) is 1.43. The van der Waals surface area contributed by atoms with Crippen molar-refractivity contribution in [2.24, 2.45) is 0 Å². The highest BCUT2D eigenvalue weighted by molar-refractivity contribution is 5.89. The summed E-state index contributed by atoms with van der Waals surface area (Å²) in [7, 11) is 0. The third-order valence-electron chi connectivity index (χ3n) is 3.93. The molecule has 2 aromatic carbocycles. The Balaban J connectivity index is 1.85. The molecule has 0 aliphatic heterocycles. The molecule has 0 heterocycles. The first kappa shape index (κ1) is 20.8. The summed E-state index contributed by atoms with van der Waals surface area (Å²) < 4.78 is 5.04. The number of nitrogens with one attached hydrogen (secondary N) is 2. The van der Waals surface area contributed by atoms with Gasteiger partial charge in [-0.2, -0.15) is 0 Å². The van der Waals surface area contributed by atoms with Gasteiger partial charge in [0.2, 0.25) is 5.91 Å². The summed E-state index contributed by atoms with van der Waals surface area (Å²) in [4.78, 5) is 35.5. The molecule has 0 aliphatic rings. The van der Waals surface area contributed by atoms with Crippen LogP contribution in [0.5, 0.6) is 5.75 Å². The Morgan fingerprint density at radius 2 is 1.61 bits per heavy atom. The smallest absolute Gasteiger partial charge is 0.408 e. The maximum absolute atomic E-state index is 12.2. The molecule has 2 atom stereocenters. The lowest BCUT2D eigenvalue weighted by molar-refractivity contribution is -0.142. The summed E-state index contributed by atoms with van der Waals surface area (Å²) in [5.74, 6) is -1.80. The van der Waals surface area contributed by atoms with E-state index in [4.69, 9.17) is 4.74 Å². The molecule has 4 N–H and O–H groups in total. The van der Waals surface area contributed by atoms with Gasteiger partial charge in [0, 0.05) is 6.42 Å². The number of carbonyl (C=O) groups is 3. The van der Waals surface area contributed by atoms with Crippen LogP contribution in [0.15, 0.2) is 54.6 Å². The van der Waals surface area contributed by atoms with E-state index in [0.29, 0.717) is 5.56 Å². The van der Waals surface area contributed by atoms with E-state index >= 15 is 0 Å². The van der Waals surface area contributed by atoms with Crippen LogP contribution >= 0.6 is 0 Å². The molecule has 2 aromatic rings. The molecule has 2 rings (SSSR count). The molecule has 0 spiro atoms. The van der Waals surface area contributed by atoms with Gasteiger partial charge >= 0.3 is 12.1 Å². The van der Waals surface area contributed by atoms with E-state index in [2.05, 4.69) is 10.6 Å². The minimum absolute atomic E-state index is 0.0343. The first-order chi connectivity index (χ1) is 13.3. The van der Waals surface area contributed by atoms with Crippen molar-refractivity contribution >= 4 is 18.0 Å². The van der Waals surface area contributed by atoms with Gasteiger partial charge in [-0.25, -0.2) is 9.59 Å². The van der Waals surface area contributed by atoms with E-state index in [1.54, 1.807) is 24.3 Å². The molecule has 0 radical (unpaired) electrons. The molecule has 0 unspecified atom stereocenters. The van der Waals surface area contributed by atoms with Crippen LogP contribution in [0.3, 0.4) is 0 Å². The van der Waals surface area contributed by atoms with Crippen LogP contribution in [-0.4, -0.2) is 40.3 Å². The van der Waals surface area contributed by atoms with Crippen LogP contribution in [0.1, 0.15) is 18.1 Å². The van der Waals surface area contributed by atoms with E-state index in [1.807, 2.05) is 18.2 Å². The molecular formula is C20H22N2O6. The van der Waals surface area contributed by atoms with Crippen molar-refractivity contribution in [1.29, 1.82) is 0 Å². The van der Waals surface area contributed by atoms with Gasteiger partial charge in [-0.05, 0) is 30.2 Å². The van der Waals surface area contributed by atoms with Crippen molar-refractivity contribution in [2.45, 2.75) is 32.0 Å². The summed E-state index contributed by atoms with van der Waals surface area (Å²) in [6, 6.07) is 12.9. The highest BCUT2D eigenvalue weighted by Crippen LogP contribution is 2.11. The molecule has 0 aromatic heterocycles. The fourth-order valence-corrected chi connectivity index (χ4v) is 2.37. The number of rotatable bonds is 8. The second-order valence-electron chi connectivity index (χ2n) is 6.20. The Bertz CT molecular complexity index is 807. The normalized spacial score (nSPS) is 12.5. The number of benzene rings is 2. The highest BCUT2D eigenvalue weighted by atomic mass is 16.5. The molecule has 0 fully saturated rings. The van der Waals surface area contributed by atoms with Crippen LogP contribution in [0.25, 0.3) is 0 Å². The lowest BCUT2D eigenvalue weighted by Crippen LogP contribution is -2.51. The molecule has 148 valence electrons. The van der Waals surface area contributed by atoms with Gasteiger partial charge in [0.15, 0.2) is 0 Å². The fraction of sp³-hybridized carbons (Fsp3) is 0.250. The number of carbonyl (C=O) groups excluding carboxylic acids is 2. The van der Waals surface area contributed by atoms with E-state index < -0.39 is 30.1 Å². The summed E-state index contributed by atoms with van der Waals surface area (Å²) >= 11 is 0. The summed E-state index contributed by atoms with van der Waals surface area (Å²) in [6.07, 6.45) is -0.746. The minimum atomic E-state index is -1.21. The Morgan fingerprint density at radius 1 is 0.964 bits per heavy atom. The number of phenolic OH excluding ortho intramolecular Hbond substituents is 1. The van der Waals surface area contributed by atoms with Crippen LogP contribution < -0.4 is 10.6 Å². The first-order valence-electron chi connectivity index (χ1n) is 8.63. The van der Waals surface area contributed by atoms with E-state index in [9.17, 15) is 24.6 Å². The van der Waals surface area contributed by atoms with Gasteiger partial charge in [0.25, 0.3) is 0 Å². The first-order valence-corrected chi connectivity index (χ1v) is 8.63. The third-order valence-corrected chi connectivity index (χ3v) is 3.93. The number of aliphatic carboxylic acids is 1. The second kappa shape index (κ2) is 9.96. The van der Waals surface area contributed by atoms with Crippen molar-refractivity contribution in [1.82, 2.24) is 10.6 Å². The van der Waals surface area contributed by atoms with Gasteiger partial charge in [-0.3, -0.25) is 4.79 Å². The molecule has 0 bridgehead atoms. The van der Waals surface area contributed by atoms with E-state index in [0.717, 1.165) is 5.56 Å². The Morgan fingerprint density at radius 3 is 2.21 bits per heavy atom. The number of phenols is 1. The van der Waals surface area contributed by atoms with Crippen LogP contribution in [0, 0.1) is 0 Å². The number of ether oxygens (including phenoxy) is 1. The van der Waals surface area contributed by atoms with Gasteiger partial charge in [0.05, 0.1) is 0 Å². The molecule has 2 amide bonds. The third kappa shape index (κ3) is 6.64. The summed E-state index contributed by atoms with van der Waals surface area (Å²) in [6.45, 7) is 1.48. The second-order valence-corrected chi connectivity index (χ2v) is 6.20. The molecule has 8 heteroatoms. The Labute approximate surface area is 162 Å². The molecular weight excluding hydrogens is 364 g/mol. The van der Waals surface area contributed by atoms with Crippen LogP contribution in [0.4, 0.5) is 4.79 Å². The Kier molecular flexibility index (Phi) is 7.38. The van der Waals surface area contributed by atoms with Crippen molar-refractivity contribution in [3.05, 3.63) is 65.7 Å². The number of hydrogen-bond donors (Lipinski definition) is 4. The number of carboxylic acids is 1. The predicted molar refractivity (Wildman–Crippen MR) is 101 cm³/mol. The lowest BCUT2D eigenvalue weighted by atomic mass is 10.1. The zero-order valence-electron chi connectivity index (χ0n) is 15.3. The van der Waals surface area contributed by atoms with Gasteiger partial charge < -0.3 is 25.6 Å². The maximum atomic E-state index is 12.2. The number of hydrogen-bond acceptors (Lipinski definition) is 5. The van der Waals surface area contributed by atoms with Crippen molar-refractivity contribution in [3.63, 3.8) is 0 Å². The average Bonchev–Trinajstić information content (AvgIpc) is 2.68. The van der Waals surface area contributed by atoms with Crippen LogP contribution in [-0.2, 0) is 27.4 Å². The monoisotopic (exact) mass is 386 g/mol. The highest BCUT2D eigenvalue weighted by Gasteiger charge is 2.24. The zero-order valence-corrected chi connectivity index (χ0v) is 15.3. The Hall–Kier alpha value is -3.55. The number of alkyl carbamates (subject to hydrolysis) is 1. The van der Waals surface area contributed by atoms with Crippen molar-refractivity contribution in [3.8, 4) is 5.75 Å². The maximum Gasteiger partial charge on any atom is 0.408 e.